The monoisotopic (exact) mass is 351 g/mol. The summed E-state index contributed by atoms with van der Waals surface area (Å²) in [6.07, 6.45) is 5.02. The lowest BCUT2D eigenvalue weighted by Crippen LogP contribution is -2.17. The maximum absolute atomic E-state index is 11.5. The van der Waals surface area contributed by atoms with Gasteiger partial charge in [0.25, 0.3) is 0 Å². The van der Waals surface area contributed by atoms with Crippen molar-refractivity contribution < 1.29 is 23.4 Å². The molecule has 0 radical (unpaired) electrons. The highest BCUT2D eigenvalue weighted by molar-refractivity contribution is 7.90. The van der Waals surface area contributed by atoms with Gasteiger partial charge in [-0.05, 0) is 26.7 Å². The SMILES string of the molecule is C[C@]12CC[C@](C)(O1)c1c2c(O)n(-c2cnc(S(C)(=O)=O)nc2)c1O. The number of rotatable bonds is 2. The first-order valence-electron chi connectivity index (χ1n) is 7.47. The highest BCUT2D eigenvalue weighted by atomic mass is 32.2. The van der Waals surface area contributed by atoms with E-state index in [0.717, 1.165) is 19.1 Å². The fraction of sp³-hybridized carbons (Fsp3) is 0.467. The van der Waals surface area contributed by atoms with E-state index in [1.54, 1.807) is 0 Å². The maximum atomic E-state index is 11.5. The van der Waals surface area contributed by atoms with Crippen LogP contribution in [0.1, 0.15) is 37.8 Å². The quantitative estimate of drug-likeness (QED) is 0.785. The van der Waals surface area contributed by atoms with Crippen molar-refractivity contribution >= 4 is 9.84 Å². The third-order valence-electron chi connectivity index (χ3n) is 4.91. The van der Waals surface area contributed by atoms with Gasteiger partial charge in [0.1, 0.15) is 0 Å². The molecule has 8 nitrogen and oxygen atoms in total. The van der Waals surface area contributed by atoms with Crippen LogP contribution in [0.25, 0.3) is 5.69 Å². The lowest BCUT2D eigenvalue weighted by atomic mass is 9.80. The molecule has 9 heteroatoms. The molecule has 2 aromatic rings. The zero-order valence-electron chi connectivity index (χ0n) is 13.4. The number of sulfone groups is 1. The number of aromatic hydroxyl groups is 2. The molecule has 0 spiro atoms. The van der Waals surface area contributed by atoms with E-state index >= 15 is 0 Å². The molecule has 2 aliphatic rings. The molecule has 2 N–H and O–H groups in total. The van der Waals surface area contributed by atoms with Crippen molar-refractivity contribution in [2.75, 3.05) is 6.26 Å². The van der Waals surface area contributed by atoms with Crippen LogP contribution in [0, 0.1) is 0 Å². The summed E-state index contributed by atoms with van der Waals surface area (Å²) in [5.41, 5.74) is 0.120. The average molecular weight is 351 g/mol. The van der Waals surface area contributed by atoms with Crippen molar-refractivity contribution in [3.05, 3.63) is 23.5 Å². The molecule has 0 unspecified atom stereocenters. The molecule has 4 heterocycles. The minimum atomic E-state index is -3.52. The summed E-state index contributed by atoms with van der Waals surface area (Å²) in [4.78, 5) is 7.61. The molecule has 1 saturated heterocycles. The number of aromatic nitrogens is 3. The van der Waals surface area contributed by atoms with Gasteiger partial charge in [-0.3, -0.25) is 0 Å². The summed E-state index contributed by atoms with van der Waals surface area (Å²) >= 11 is 0. The summed E-state index contributed by atoms with van der Waals surface area (Å²) in [5, 5.41) is 21.0. The van der Waals surface area contributed by atoms with E-state index in [0.29, 0.717) is 11.1 Å². The van der Waals surface area contributed by atoms with Crippen molar-refractivity contribution in [1.29, 1.82) is 0 Å². The molecular formula is C15H17N3O5S. The highest BCUT2D eigenvalue weighted by Gasteiger charge is 2.59. The smallest absolute Gasteiger partial charge is 0.246 e. The normalized spacial score (nSPS) is 28.3. The van der Waals surface area contributed by atoms with Crippen molar-refractivity contribution in [3.8, 4) is 17.4 Å². The molecule has 4 rings (SSSR count). The van der Waals surface area contributed by atoms with Crippen LogP contribution in [0.15, 0.2) is 17.6 Å². The van der Waals surface area contributed by atoms with Crippen LogP contribution in [-0.2, 0) is 25.8 Å². The Morgan fingerprint density at radius 2 is 1.54 bits per heavy atom. The van der Waals surface area contributed by atoms with Crippen LogP contribution in [0.4, 0.5) is 0 Å². The van der Waals surface area contributed by atoms with E-state index in [-0.39, 0.29) is 22.6 Å². The van der Waals surface area contributed by atoms with Gasteiger partial charge < -0.3 is 14.9 Å². The molecule has 2 aromatic heterocycles. The van der Waals surface area contributed by atoms with E-state index in [1.165, 1.54) is 17.0 Å². The molecule has 24 heavy (non-hydrogen) atoms. The van der Waals surface area contributed by atoms with Crippen molar-refractivity contribution in [1.82, 2.24) is 14.5 Å². The molecular weight excluding hydrogens is 334 g/mol. The van der Waals surface area contributed by atoms with E-state index < -0.39 is 21.0 Å². The van der Waals surface area contributed by atoms with Gasteiger partial charge in [0.05, 0.1) is 40.4 Å². The lowest BCUT2D eigenvalue weighted by Gasteiger charge is -2.20. The minimum absolute atomic E-state index is 0.135. The summed E-state index contributed by atoms with van der Waals surface area (Å²) < 4.78 is 30.2. The molecule has 2 bridgehead atoms. The average Bonchev–Trinajstić information content (AvgIpc) is 3.03. The van der Waals surface area contributed by atoms with Crippen molar-refractivity contribution in [2.45, 2.75) is 43.0 Å². The van der Waals surface area contributed by atoms with E-state index in [2.05, 4.69) is 9.97 Å². The van der Waals surface area contributed by atoms with Gasteiger partial charge in [-0.25, -0.2) is 23.0 Å². The summed E-state index contributed by atoms with van der Waals surface area (Å²) in [6, 6.07) is 0. The van der Waals surface area contributed by atoms with Crippen molar-refractivity contribution in [2.24, 2.45) is 0 Å². The van der Waals surface area contributed by atoms with E-state index in [1.807, 2.05) is 13.8 Å². The first-order valence-corrected chi connectivity index (χ1v) is 9.36. The Morgan fingerprint density at radius 3 is 1.96 bits per heavy atom. The molecule has 0 saturated carbocycles. The number of fused-ring (bicyclic) bond motifs is 5. The van der Waals surface area contributed by atoms with Gasteiger partial charge in [-0.2, -0.15) is 0 Å². The molecule has 128 valence electrons. The van der Waals surface area contributed by atoms with Crippen LogP contribution < -0.4 is 0 Å². The van der Waals surface area contributed by atoms with Gasteiger partial charge in [-0.15, -0.1) is 0 Å². The zero-order chi connectivity index (χ0) is 17.5. The zero-order valence-corrected chi connectivity index (χ0v) is 14.3. The highest BCUT2D eigenvalue weighted by Crippen LogP contribution is 2.64. The fourth-order valence-corrected chi connectivity index (χ4v) is 4.33. The Bertz CT molecular complexity index is 926. The van der Waals surface area contributed by atoms with Crippen LogP contribution in [0.3, 0.4) is 0 Å². The Labute approximate surface area is 138 Å². The Morgan fingerprint density at radius 1 is 1.08 bits per heavy atom. The second-order valence-corrected chi connectivity index (χ2v) is 8.70. The summed E-state index contributed by atoms with van der Waals surface area (Å²) in [7, 11) is -3.52. The van der Waals surface area contributed by atoms with Crippen molar-refractivity contribution in [3.63, 3.8) is 0 Å². The second kappa shape index (κ2) is 4.28. The van der Waals surface area contributed by atoms with Gasteiger partial charge in [0, 0.05) is 6.26 Å². The fourth-order valence-electron chi connectivity index (χ4n) is 3.84. The topological polar surface area (TPSA) is 115 Å². The van der Waals surface area contributed by atoms with Gasteiger partial charge in [0.2, 0.25) is 26.8 Å². The van der Waals surface area contributed by atoms with Crippen LogP contribution in [0.5, 0.6) is 11.8 Å². The van der Waals surface area contributed by atoms with E-state index in [9.17, 15) is 18.6 Å². The molecule has 2 aliphatic heterocycles. The number of hydrogen-bond acceptors (Lipinski definition) is 7. The second-order valence-electron chi connectivity index (χ2n) is 6.79. The molecule has 0 amide bonds. The van der Waals surface area contributed by atoms with Crippen LogP contribution in [0.2, 0.25) is 0 Å². The summed E-state index contributed by atoms with van der Waals surface area (Å²) in [6.45, 7) is 3.77. The first-order chi connectivity index (χ1) is 11.1. The molecule has 2 atom stereocenters. The predicted octanol–water partition coefficient (Wildman–Crippen LogP) is 1.34. The van der Waals surface area contributed by atoms with Crippen LogP contribution in [-0.4, -0.2) is 39.4 Å². The lowest BCUT2D eigenvalue weighted by molar-refractivity contribution is -0.0683. The molecule has 1 fully saturated rings. The Kier molecular flexibility index (Phi) is 2.75. The Balaban J connectivity index is 1.91. The third kappa shape index (κ3) is 1.79. The predicted molar refractivity (Wildman–Crippen MR) is 82.8 cm³/mol. The van der Waals surface area contributed by atoms with Gasteiger partial charge in [0.15, 0.2) is 0 Å². The number of ether oxygens (including phenoxy) is 1. The van der Waals surface area contributed by atoms with E-state index in [4.69, 9.17) is 4.74 Å². The number of nitrogens with zero attached hydrogens (tertiary/aromatic N) is 3. The van der Waals surface area contributed by atoms with Gasteiger partial charge in [-0.1, -0.05) is 0 Å². The first kappa shape index (κ1) is 15.4. The minimum Gasteiger partial charge on any atom is -0.494 e. The van der Waals surface area contributed by atoms with Gasteiger partial charge >= 0.3 is 0 Å². The molecule has 0 aromatic carbocycles. The third-order valence-corrected chi connectivity index (χ3v) is 5.79. The Hall–Kier alpha value is -2.13. The summed E-state index contributed by atoms with van der Waals surface area (Å²) in [5.74, 6) is -0.270. The standard InChI is InChI=1S/C15H17N3O5S/c1-14-4-5-15(2,23-14)10-9(14)11(19)18(12(10)20)8-6-16-13(17-7-8)24(3,21)22/h6-7,19-20H,4-5H2,1-3H3/t14-,15+. The van der Waals surface area contributed by atoms with Crippen LogP contribution >= 0.6 is 0 Å². The maximum Gasteiger partial charge on any atom is 0.246 e. The molecule has 0 aliphatic carbocycles. The largest absolute Gasteiger partial charge is 0.494 e. The number of hydrogen-bond donors (Lipinski definition) is 2.